The zero-order valence-corrected chi connectivity index (χ0v) is 13.6. The normalized spacial score (nSPS) is 24.9. The minimum atomic E-state index is -0.310. The molecule has 0 spiro atoms. The summed E-state index contributed by atoms with van der Waals surface area (Å²) in [5.74, 6) is 0.212. The Morgan fingerprint density at radius 2 is 2.26 bits per heavy atom. The number of rotatable bonds is 3. The van der Waals surface area contributed by atoms with E-state index in [1.165, 1.54) is 18.7 Å². The van der Waals surface area contributed by atoms with E-state index in [9.17, 15) is 9.90 Å². The van der Waals surface area contributed by atoms with Crippen molar-refractivity contribution >= 4 is 11.6 Å². The summed E-state index contributed by atoms with van der Waals surface area (Å²) in [5.41, 5.74) is 2.29. The van der Waals surface area contributed by atoms with Crippen molar-refractivity contribution in [2.24, 2.45) is 0 Å². The van der Waals surface area contributed by atoms with Crippen LogP contribution in [0.2, 0.25) is 0 Å². The predicted molar refractivity (Wildman–Crippen MR) is 86.9 cm³/mol. The number of hydrogen-bond acceptors (Lipinski definition) is 5. The molecule has 1 fully saturated rings. The van der Waals surface area contributed by atoms with Crippen LogP contribution in [0.4, 0.5) is 5.69 Å². The maximum Gasteiger partial charge on any atom is 0.256 e. The number of phenolic OH excluding ortho intramolecular Hbond substituents is 1. The van der Waals surface area contributed by atoms with E-state index in [1.807, 2.05) is 18.7 Å². The van der Waals surface area contributed by atoms with Gasteiger partial charge in [0.15, 0.2) is 11.5 Å². The van der Waals surface area contributed by atoms with Crippen molar-refractivity contribution < 1.29 is 19.4 Å². The summed E-state index contributed by atoms with van der Waals surface area (Å²) in [6.45, 7) is 5.06. The molecule has 6 nitrogen and oxygen atoms in total. The first kappa shape index (κ1) is 15.7. The summed E-state index contributed by atoms with van der Waals surface area (Å²) >= 11 is 0. The fourth-order valence-corrected chi connectivity index (χ4v) is 3.25. The number of nitrogens with one attached hydrogen (secondary N) is 1. The molecule has 0 radical (unpaired) electrons. The third-order valence-corrected chi connectivity index (χ3v) is 4.46. The Bertz CT molecular complexity index is 656. The van der Waals surface area contributed by atoms with Crippen molar-refractivity contribution in [2.45, 2.75) is 32.5 Å². The van der Waals surface area contributed by atoms with E-state index in [2.05, 4.69) is 11.4 Å². The third-order valence-electron chi connectivity index (χ3n) is 4.46. The average Bonchev–Trinajstić information content (AvgIpc) is 2.94. The standard InChI is InChI=1S/C17H22N2O4/c1-4-10-6-13-16(23-5-2)18-12-8-14(20)15(22-3)7-11(12)17(21)19(13)9-10/h4,7-8,13,16,18,20H,5-6,9H2,1-3H3/b10-4-/t13?,16-/m1/s1. The Labute approximate surface area is 135 Å². The van der Waals surface area contributed by atoms with Gasteiger partial charge in [0.25, 0.3) is 5.91 Å². The monoisotopic (exact) mass is 318 g/mol. The number of anilines is 1. The van der Waals surface area contributed by atoms with Gasteiger partial charge in [-0.2, -0.15) is 0 Å². The van der Waals surface area contributed by atoms with Gasteiger partial charge in [0, 0.05) is 19.2 Å². The topological polar surface area (TPSA) is 71.0 Å². The van der Waals surface area contributed by atoms with Crippen molar-refractivity contribution in [2.75, 3.05) is 25.6 Å². The maximum absolute atomic E-state index is 13.0. The van der Waals surface area contributed by atoms with Gasteiger partial charge in [0.05, 0.1) is 24.4 Å². The Morgan fingerprint density at radius 1 is 1.48 bits per heavy atom. The van der Waals surface area contributed by atoms with E-state index >= 15 is 0 Å². The molecule has 1 amide bonds. The van der Waals surface area contributed by atoms with Gasteiger partial charge in [-0.15, -0.1) is 0 Å². The number of methoxy groups -OCH3 is 1. The van der Waals surface area contributed by atoms with Crippen molar-refractivity contribution in [3.8, 4) is 11.5 Å². The van der Waals surface area contributed by atoms with Gasteiger partial charge >= 0.3 is 0 Å². The molecule has 1 saturated heterocycles. The van der Waals surface area contributed by atoms with Crippen LogP contribution in [0.25, 0.3) is 0 Å². The molecule has 0 saturated carbocycles. The summed E-state index contributed by atoms with van der Waals surface area (Å²) in [6.07, 6.45) is 2.54. The minimum absolute atomic E-state index is 0.00185. The van der Waals surface area contributed by atoms with Gasteiger partial charge in [0.1, 0.15) is 6.23 Å². The first-order valence-electron chi connectivity index (χ1n) is 7.83. The molecular formula is C17H22N2O4. The molecule has 2 atom stereocenters. The second-order valence-corrected chi connectivity index (χ2v) is 5.74. The SMILES string of the molecule is C/C=C1/CC2[C@@H](OCC)Nc3cc(O)c(OC)cc3C(=O)N2C1. The Kier molecular flexibility index (Phi) is 4.17. The molecule has 0 aliphatic carbocycles. The lowest BCUT2D eigenvalue weighted by Crippen LogP contribution is -2.44. The van der Waals surface area contributed by atoms with E-state index < -0.39 is 0 Å². The largest absolute Gasteiger partial charge is 0.504 e. The van der Waals surface area contributed by atoms with Crippen LogP contribution in [-0.4, -0.2) is 48.4 Å². The highest BCUT2D eigenvalue weighted by Crippen LogP contribution is 2.38. The number of aromatic hydroxyl groups is 1. The van der Waals surface area contributed by atoms with Crippen LogP contribution in [0.5, 0.6) is 11.5 Å². The Balaban J connectivity index is 2.07. The van der Waals surface area contributed by atoms with Gasteiger partial charge in [-0.3, -0.25) is 4.79 Å². The van der Waals surface area contributed by atoms with Crippen molar-refractivity contribution in [3.63, 3.8) is 0 Å². The van der Waals surface area contributed by atoms with Crippen LogP contribution in [0.15, 0.2) is 23.8 Å². The molecule has 2 N–H and O–H groups in total. The lowest BCUT2D eigenvalue weighted by atomic mass is 10.1. The minimum Gasteiger partial charge on any atom is -0.504 e. The summed E-state index contributed by atoms with van der Waals surface area (Å²) in [6, 6.07) is 3.05. The third kappa shape index (κ3) is 2.63. The zero-order valence-electron chi connectivity index (χ0n) is 13.6. The van der Waals surface area contributed by atoms with Crippen LogP contribution in [0.3, 0.4) is 0 Å². The summed E-state index contributed by atoms with van der Waals surface area (Å²) < 4.78 is 11.0. The molecule has 2 aliphatic rings. The molecule has 0 bridgehead atoms. The molecule has 3 rings (SSSR count). The van der Waals surface area contributed by atoms with Gasteiger partial charge < -0.3 is 24.8 Å². The zero-order chi connectivity index (χ0) is 16.6. The van der Waals surface area contributed by atoms with Crippen LogP contribution in [0, 0.1) is 0 Å². The maximum atomic E-state index is 13.0. The lowest BCUT2D eigenvalue weighted by Gasteiger charge is -2.28. The summed E-state index contributed by atoms with van der Waals surface area (Å²) in [5, 5.41) is 13.3. The molecule has 124 valence electrons. The highest BCUT2D eigenvalue weighted by atomic mass is 16.5. The average molecular weight is 318 g/mol. The van der Waals surface area contributed by atoms with Crippen LogP contribution >= 0.6 is 0 Å². The highest BCUT2D eigenvalue weighted by Gasteiger charge is 2.41. The Hall–Kier alpha value is -2.21. The van der Waals surface area contributed by atoms with E-state index in [0.717, 1.165) is 6.42 Å². The number of carbonyl (C=O) groups excluding carboxylic acids is 1. The van der Waals surface area contributed by atoms with Crippen LogP contribution < -0.4 is 10.1 Å². The van der Waals surface area contributed by atoms with Gasteiger partial charge in [-0.25, -0.2) is 0 Å². The van der Waals surface area contributed by atoms with Gasteiger partial charge in [-0.05, 0) is 26.3 Å². The first-order chi connectivity index (χ1) is 11.1. The second kappa shape index (κ2) is 6.12. The van der Waals surface area contributed by atoms with Crippen molar-refractivity contribution in [1.29, 1.82) is 0 Å². The van der Waals surface area contributed by atoms with Gasteiger partial charge in [0.2, 0.25) is 0 Å². The molecule has 2 aliphatic heterocycles. The van der Waals surface area contributed by atoms with Crippen LogP contribution in [-0.2, 0) is 4.74 Å². The number of allylic oxidation sites excluding steroid dienone is 1. The molecule has 1 aromatic rings. The second-order valence-electron chi connectivity index (χ2n) is 5.74. The summed E-state index contributed by atoms with van der Waals surface area (Å²) in [4.78, 5) is 14.8. The number of hydrogen-bond donors (Lipinski definition) is 2. The smallest absolute Gasteiger partial charge is 0.256 e. The lowest BCUT2D eigenvalue weighted by molar-refractivity contribution is 0.0232. The van der Waals surface area contributed by atoms with E-state index in [-0.39, 0.29) is 29.7 Å². The number of nitrogens with zero attached hydrogens (tertiary/aromatic N) is 1. The number of ether oxygens (including phenoxy) is 2. The molecule has 23 heavy (non-hydrogen) atoms. The van der Waals surface area contributed by atoms with Crippen molar-refractivity contribution in [3.05, 3.63) is 29.3 Å². The molecular weight excluding hydrogens is 296 g/mol. The van der Waals surface area contributed by atoms with E-state index in [1.54, 1.807) is 6.07 Å². The first-order valence-corrected chi connectivity index (χ1v) is 7.83. The van der Waals surface area contributed by atoms with Gasteiger partial charge in [-0.1, -0.05) is 11.6 Å². The van der Waals surface area contributed by atoms with E-state index in [4.69, 9.17) is 9.47 Å². The fourth-order valence-electron chi connectivity index (χ4n) is 3.25. The van der Waals surface area contributed by atoms with E-state index in [0.29, 0.717) is 24.4 Å². The quantitative estimate of drug-likeness (QED) is 0.837. The molecule has 0 aromatic heterocycles. The highest BCUT2D eigenvalue weighted by molar-refractivity contribution is 6.02. The molecule has 2 heterocycles. The Morgan fingerprint density at radius 3 is 2.91 bits per heavy atom. The summed E-state index contributed by atoms with van der Waals surface area (Å²) in [7, 11) is 1.47. The van der Waals surface area contributed by atoms with Crippen molar-refractivity contribution in [1.82, 2.24) is 4.90 Å². The number of amides is 1. The molecule has 1 aromatic carbocycles. The number of phenols is 1. The molecule has 6 heteroatoms. The number of carbonyl (C=O) groups is 1. The predicted octanol–water partition coefficient (Wildman–Crippen LogP) is 2.35. The van der Waals surface area contributed by atoms with Crippen LogP contribution in [0.1, 0.15) is 30.6 Å². The number of fused-ring (bicyclic) bond motifs is 2. The number of benzene rings is 1. The molecule has 1 unspecified atom stereocenters. The fraction of sp³-hybridized carbons (Fsp3) is 0.471.